The SMILES string of the molecule is CCc1cccc(COC(=O)CC(=O)O)c1CC. The Bertz CT molecular complexity index is 437. The van der Waals surface area contributed by atoms with Crippen LogP contribution in [0.4, 0.5) is 0 Å². The van der Waals surface area contributed by atoms with Crippen LogP contribution < -0.4 is 0 Å². The molecule has 0 heterocycles. The van der Waals surface area contributed by atoms with Crippen molar-refractivity contribution >= 4 is 11.9 Å². The van der Waals surface area contributed by atoms with E-state index < -0.39 is 18.4 Å². The van der Waals surface area contributed by atoms with E-state index in [0.29, 0.717) is 0 Å². The van der Waals surface area contributed by atoms with Gasteiger partial charge < -0.3 is 9.84 Å². The number of aryl methyl sites for hydroxylation is 1. The number of carboxylic acid groups (broad SMARTS) is 1. The number of hydrogen-bond donors (Lipinski definition) is 1. The van der Waals surface area contributed by atoms with E-state index in [0.717, 1.165) is 18.4 Å². The van der Waals surface area contributed by atoms with Gasteiger partial charge in [0, 0.05) is 0 Å². The van der Waals surface area contributed by atoms with Crippen LogP contribution in [-0.4, -0.2) is 17.0 Å². The molecule has 0 bridgehead atoms. The summed E-state index contributed by atoms with van der Waals surface area (Å²) < 4.78 is 4.96. The van der Waals surface area contributed by atoms with Gasteiger partial charge >= 0.3 is 11.9 Å². The zero-order valence-corrected chi connectivity index (χ0v) is 10.7. The number of aliphatic carboxylic acids is 1. The van der Waals surface area contributed by atoms with Gasteiger partial charge in [0.15, 0.2) is 0 Å². The molecule has 18 heavy (non-hydrogen) atoms. The monoisotopic (exact) mass is 250 g/mol. The minimum absolute atomic E-state index is 0.142. The Balaban J connectivity index is 2.72. The van der Waals surface area contributed by atoms with E-state index >= 15 is 0 Å². The summed E-state index contributed by atoms with van der Waals surface area (Å²) in [5, 5.41) is 8.46. The molecule has 0 saturated carbocycles. The summed E-state index contributed by atoms with van der Waals surface area (Å²) in [6, 6.07) is 5.89. The fourth-order valence-corrected chi connectivity index (χ4v) is 1.94. The Morgan fingerprint density at radius 2 is 1.83 bits per heavy atom. The highest BCUT2D eigenvalue weighted by Crippen LogP contribution is 2.17. The summed E-state index contributed by atoms with van der Waals surface area (Å²) in [4.78, 5) is 21.5. The highest BCUT2D eigenvalue weighted by Gasteiger charge is 2.11. The summed E-state index contributed by atoms with van der Waals surface area (Å²) in [6.07, 6.45) is 1.21. The quantitative estimate of drug-likeness (QED) is 0.621. The van der Waals surface area contributed by atoms with Crippen LogP contribution in [0.1, 0.15) is 37.0 Å². The normalized spacial score (nSPS) is 10.1. The second kappa shape index (κ2) is 6.79. The van der Waals surface area contributed by atoms with Crippen molar-refractivity contribution in [1.82, 2.24) is 0 Å². The first-order valence-corrected chi connectivity index (χ1v) is 6.05. The lowest BCUT2D eigenvalue weighted by molar-refractivity contribution is -0.152. The Morgan fingerprint density at radius 3 is 2.39 bits per heavy atom. The van der Waals surface area contributed by atoms with Crippen molar-refractivity contribution in [2.75, 3.05) is 0 Å². The van der Waals surface area contributed by atoms with Crippen molar-refractivity contribution < 1.29 is 19.4 Å². The van der Waals surface area contributed by atoms with Crippen LogP contribution in [0.5, 0.6) is 0 Å². The first-order chi connectivity index (χ1) is 8.58. The van der Waals surface area contributed by atoms with E-state index in [2.05, 4.69) is 19.9 Å². The van der Waals surface area contributed by atoms with E-state index in [4.69, 9.17) is 9.84 Å². The lowest BCUT2D eigenvalue weighted by Crippen LogP contribution is -2.11. The van der Waals surface area contributed by atoms with Gasteiger partial charge in [0.1, 0.15) is 13.0 Å². The molecule has 1 rings (SSSR count). The molecule has 0 unspecified atom stereocenters. The van der Waals surface area contributed by atoms with E-state index in [9.17, 15) is 9.59 Å². The average molecular weight is 250 g/mol. The maximum absolute atomic E-state index is 11.2. The largest absolute Gasteiger partial charge is 0.481 e. The van der Waals surface area contributed by atoms with E-state index in [1.54, 1.807) is 0 Å². The molecule has 4 nitrogen and oxygen atoms in total. The van der Waals surface area contributed by atoms with Gasteiger partial charge in [0.25, 0.3) is 0 Å². The molecular formula is C14H18O4. The molecule has 0 atom stereocenters. The molecule has 4 heteroatoms. The number of hydrogen-bond acceptors (Lipinski definition) is 3. The molecule has 0 fully saturated rings. The van der Waals surface area contributed by atoms with Gasteiger partial charge in [-0.1, -0.05) is 32.0 Å². The maximum Gasteiger partial charge on any atom is 0.317 e. The highest BCUT2D eigenvalue weighted by atomic mass is 16.5. The Morgan fingerprint density at radius 1 is 1.17 bits per heavy atom. The summed E-state index contributed by atoms with van der Waals surface area (Å²) in [5.41, 5.74) is 3.38. The van der Waals surface area contributed by atoms with Crippen molar-refractivity contribution in [1.29, 1.82) is 0 Å². The molecule has 0 aliphatic rings. The lowest BCUT2D eigenvalue weighted by atomic mass is 9.97. The molecule has 0 aromatic heterocycles. The topological polar surface area (TPSA) is 63.6 Å². The minimum Gasteiger partial charge on any atom is -0.481 e. The number of carbonyl (C=O) groups is 2. The van der Waals surface area contributed by atoms with E-state index in [-0.39, 0.29) is 6.61 Å². The van der Waals surface area contributed by atoms with Crippen molar-refractivity contribution in [3.63, 3.8) is 0 Å². The Kier molecular flexibility index (Phi) is 5.36. The molecule has 0 aliphatic carbocycles. The summed E-state index contributed by atoms with van der Waals surface area (Å²) in [7, 11) is 0. The fourth-order valence-electron chi connectivity index (χ4n) is 1.94. The molecule has 0 spiro atoms. The van der Waals surface area contributed by atoms with Crippen LogP contribution in [-0.2, 0) is 33.8 Å². The highest BCUT2D eigenvalue weighted by molar-refractivity contribution is 5.90. The zero-order valence-electron chi connectivity index (χ0n) is 10.7. The predicted molar refractivity (Wildman–Crippen MR) is 67.2 cm³/mol. The van der Waals surface area contributed by atoms with Crippen LogP contribution in [0.2, 0.25) is 0 Å². The smallest absolute Gasteiger partial charge is 0.317 e. The van der Waals surface area contributed by atoms with Gasteiger partial charge in [0.2, 0.25) is 0 Å². The maximum atomic E-state index is 11.2. The number of ether oxygens (including phenoxy) is 1. The van der Waals surface area contributed by atoms with Crippen molar-refractivity contribution in [3.8, 4) is 0 Å². The second-order valence-corrected chi connectivity index (χ2v) is 3.99. The van der Waals surface area contributed by atoms with Crippen LogP contribution in [0, 0.1) is 0 Å². The van der Waals surface area contributed by atoms with Gasteiger partial charge in [-0.05, 0) is 29.5 Å². The third kappa shape index (κ3) is 3.87. The van der Waals surface area contributed by atoms with Gasteiger partial charge in [0.05, 0.1) is 0 Å². The third-order valence-electron chi connectivity index (χ3n) is 2.79. The summed E-state index contributed by atoms with van der Waals surface area (Å²) in [6.45, 7) is 4.27. The van der Waals surface area contributed by atoms with Crippen LogP contribution in [0.25, 0.3) is 0 Å². The Hall–Kier alpha value is -1.84. The average Bonchev–Trinajstić information content (AvgIpc) is 2.34. The summed E-state index contributed by atoms with van der Waals surface area (Å²) in [5.74, 6) is -1.87. The number of carboxylic acids is 1. The molecule has 1 aromatic carbocycles. The van der Waals surface area contributed by atoms with Gasteiger partial charge in [-0.3, -0.25) is 9.59 Å². The number of esters is 1. The summed E-state index contributed by atoms with van der Waals surface area (Å²) >= 11 is 0. The molecule has 1 aromatic rings. The molecule has 1 N–H and O–H groups in total. The molecule has 0 aliphatic heterocycles. The van der Waals surface area contributed by atoms with Gasteiger partial charge in [-0.25, -0.2) is 0 Å². The molecule has 0 saturated heterocycles. The van der Waals surface area contributed by atoms with E-state index in [1.165, 1.54) is 11.1 Å². The first kappa shape index (κ1) is 14.2. The van der Waals surface area contributed by atoms with Crippen LogP contribution >= 0.6 is 0 Å². The number of carbonyl (C=O) groups excluding carboxylic acids is 1. The van der Waals surface area contributed by atoms with Gasteiger partial charge in [-0.2, -0.15) is 0 Å². The van der Waals surface area contributed by atoms with Crippen molar-refractivity contribution in [2.24, 2.45) is 0 Å². The molecular weight excluding hydrogens is 232 g/mol. The number of rotatable bonds is 6. The van der Waals surface area contributed by atoms with Crippen molar-refractivity contribution in [2.45, 2.75) is 39.7 Å². The minimum atomic E-state index is -1.17. The first-order valence-electron chi connectivity index (χ1n) is 6.05. The number of benzene rings is 1. The second-order valence-electron chi connectivity index (χ2n) is 3.99. The molecule has 0 radical (unpaired) electrons. The predicted octanol–water partition coefficient (Wildman–Crippen LogP) is 2.33. The van der Waals surface area contributed by atoms with E-state index in [1.807, 2.05) is 12.1 Å². The van der Waals surface area contributed by atoms with Crippen LogP contribution in [0.3, 0.4) is 0 Å². The molecule has 98 valence electrons. The lowest BCUT2D eigenvalue weighted by Gasteiger charge is -2.12. The standard InChI is InChI=1S/C14H18O4/c1-3-10-6-5-7-11(12(10)4-2)9-18-14(17)8-13(15)16/h5-7H,3-4,8-9H2,1-2H3,(H,15,16). The van der Waals surface area contributed by atoms with Crippen molar-refractivity contribution in [3.05, 3.63) is 34.9 Å². The van der Waals surface area contributed by atoms with Gasteiger partial charge in [-0.15, -0.1) is 0 Å². The Labute approximate surface area is 107 Å². The fraction of sp³-hybridized carbons (Fsp3) is 0.429. The third-order valence-corrected chi connectivity index (χ3v) is 2.79. The van der Waals surface area contributed by atoms with Crippen LogP contribution in [0.15, 0.2) is 18.2 Å². The zero-order chi connectivity index (χ0) is 13.5. The molecule has 0 amide bonds.